The topological polar surface area (TPSA) is 3.24 Å². The molecule has 0 radical (unpaired) electrons. The number of aryl methyl sites for hydroxylation is 1. The van der Waals surface area contributed by atoms with Crippen molar-refractivity contribution in [3.8, 4) is 0 Å². The van der Waals surface area contributed by atoms with Crippen molar-refractivity contribution in [2.45, 2.75) is 33.1 Å². The molecule has 14 heavy (non-hydrogen) atoms. The summed E-state index contributed by atoms with van der Waals surface area (Å²) in [5, 5.41) is 0. The number of hydrogen-bond acceptors (Lipinski definition) is 1. The molecule has 1 nitrogen and oxygen atoms in total. The van der Waals surface area contributed by atoms with Crippen molar-refractivity contribution in [3.63, 3.8) is 0 Å². The van der Waals surface area contributed by atoms with Crippen LogP contribution in [-0.4, -0.2) is 13.6 Å². The summed E-state index contributed by atoms with van der Waals surface area (Å²) in [5.74, 6) is 0. The molecule has 0 N–H and O–H groups in total. The van der Waals surface area contributed by atoms with Crippen LogP contribution in [0.15, 0.2) is 24.3 Å². The molecule has 0 aliphatic heterocycles. The van der Waals surface area contributed by atoms with Gasteiger partial charge in [-0.15, -0.1) is 0 Å². The van der Waals surface area contributed by atoms with Crippen LogP contribution in [0.3, 0.4) is 0 Å². The first-order valence-electron chi connectivity index (χ1n) is 5.58. The van der Waals surface area contributed by atoms with Gasteiger partial charge >= 0.3 is 0 Å². The molecular weight excluding hydrogens is 170 g/mol. The van der Waals surface area contributed by atoms with Crippen LogP contribution in [0.25, 0.3) is 0 Å². The molecule has 0 unspecified atom stereocenters. The monoisotopic (exact) mass is 191 g/mol. The second-order valence-electron chi connectivity index (χ2n) is 3.80. The zero-order valence-corrected chi connectivity index (χ0v) is 9.59. The second-order valence-corrected chi connectivity index (χ2v) is 3.80. The Labute approximate surface area is 87.7 Å². The lowest BCUT2D eigenvalue weighted by Crippen LogP contribution is -2.18. The first-order valence-corrected chi connectivity index (χ1v) is 5.58. The average Bonchev–Trinajstić information content (AvgIpc) is 2.26. The number of nitrogens with zero attached hydrogens (tertiary/aromatic N) is 1. The summed E-state index contributed by atoms with van der Waals surface area (Å²) in [7, 11) is 2.17. The van der Waals surface area contributed by atoms with Crippen molar-refractivity contribution in [1.29, 1.82) is 0 Å². The van der Waals surface area contributed by atoms with Crippen molar-refractivity contribution < 1.29 is 0 Å². The van der Waals surface area contributed by atoms with Crippen LogP contribution in [0.4, 0.5) is 5.69 Å². The third kappa shape index (κ3) is 3.06. The molecule has 1 aromatic carbocycles. The minimum absolute atomic E-state index is 1.12. The molecule has 0 saturated carbocycles. The number of rotatable bonds is 5. The second kappa shape index (κ2) is 5.69. The summed E-state index contributed by atoms with van der Waals surface area (Å²) in [6.45, 7) is 5.59. The first-order chi connectivity index (χ1) is 6.77. The highest BCUT2D eigenvalue weighted by Crippen LogP contribution is 2.15. The van der Waals surface area contributed by atoms with Crippen molar-refractivity contribution >= 4 is 5.69 Å². The fourth-order valence-electron chi connectivity index (χ4n) is 1.54. The predicted octanol–water partition coefficient (Wildman–Crippen LogP) is 3.49. The van der Waals surface area contributed by atoms with Gasteiger partial charge in [0.1, 0.15) is 0 Å². The van der Waals surface area contributed by atoms with E-state index >= 15 is 0 Å². The molecule has 0 saturated heterocycles. The molecule has 1 heteroatoms. The Balaban J connectivity index is 2.64. The lowest BCUT2D eigenvalue weighted by atomic mass is 10.1. The first kappa shape index (κ1) is 11.1. The minimum atomic E-state index is 1.12. The van der Waals surface area contributed by atoms with E-state index in [1.165, 1.54) is 24.1 Å². The van der Waals surface area contributed by atoms with Crippen LogP contribution in [0.5, 0.6) is 0 Å². The molecule has 78 valence electrons. The van der Waals surface area contributed by atoms with Gasteiger partial charge in [0.25, 0.3) is 0 Å². The van der Waals surface area contributed by atoms with Crippen molar-refractivity contribution in [2.75, 3.05) is 18.5 Å². The molecule has 1 aromatic rings. The van der Waals surface area contributed by atoms with Crippen molar-refractivity contribution in [2.24, 2.45) is 0 Å². The lowest BCUT2D eigenvalue weighted by molar-refractivity contribution is 0.766. The molecule has 0 heterocycles. The van der Waals surface area contributed by atoms with Gasteiger partial charge in [-0.2, -0.15) is 0 Å². The number of unbranched alkanes of at least 4 members (excludes halogenated alkanes) is 1. The number of anilines is 1. The van der Waals surface area contributed by atoms with Crippen molar-refractivity contribution in [3.05, 3.63) is 29.8 Å². The molecule has 1 rings (SSSR count). The molecule has 0 amide bonds. The highest BCUT2D eigenvalue weighted by atomic mass is 15.1. The van der Waals surface area contributed by atoms with E-state index in [1.807, 2.05) is 0 Å². The van der Waals surface area contributed by atoms with E-state index in [1.54, 1.807) is 0 Å². The van der Waals surface area contributed by atoms with Gasteiger partial charge in [0.05, 0.1) is 0 Å². The van der Waals surface area contributed by atoms with Gasteiger partial charge in [0.2, 0.25) is 0 Å². The Morgan fingerprint density at radius 3 is 2.64 bits per heavy atom. The Morgan fingerprint density at radius 2 is 2.00 bits per heavy atom. The summed E-state index contributed by atoms with van der Waals surface area (Å²) < 4.78 is 0. The van der Waals surface area contributed by atoms with E-state index in [2.05, 4.69) is 50.1 Å². The predicted molar refractivity (Wildman–Crippen MR) is 64.0 cm³/mol. The largest absolute Gasteiger partial charge is 0.375 e. The molecule has 0 spiro atoms. The molecule has 0 bridgehead atoms. The summed E-state index contributed by atoms with van der Waals surface area (Å²) in [6.07, 6.45) is 3.65. The zero-order chi connectivity index (χ0) is 10.4. The van der Waals surface area contributed by atoms with E-state index in [0.29, 0.717) is 0 Å². The Hall–Kier alpha value is -0.980. The maximum Gasteiger partial charge on any atom is 0.0366 e. The molecule has 0 fully saturated rings. The fraction of sp³-hybridized carbons (Fsp3) is 0.538. The SMILES string of the molecule is CCCCN(C)c1cccc(CC)c1. The van der Waals surface area contributed by atoms with E-state index < -0.39 is 0 Å². The van der Waals surface area contributed by atoms with Gasteiger partial charge in [-0.05, 0) is 30.5 Å². The number of benzene rings is 1. The number of hydrogen-bond donors (Lipinski definition) is 0. The zero-order valence-electron chi connectivity index (χ0n) is 9.59. The van der Waals surface area contributed by atoms with Gasteiger partial charge in [0.15, 0.2) is 0 Å². The van der Waals surface area contributed by atoms with E-state index in [0.717, 1.165) is 13.0 Å². The third-order valence-electron chi connectivity index (χ3n) is 2.61. The molecule has 0 atom stereocenters. The fourth-order valence-corrected chi connectivity index (χ4v) is 1.54. The Morgan fingerprint density at radius 1 is 1.21 bits per heavy atom. The molecule has 0 aliphatic carbocycles. The van der Waals surface area contributed by atoms with Crippen LogP contribution in [-0.2, 0) is 6.42 Å². The standard InChI is InChI=1S/C13H21N/c1-4-6-10-14(3)13-9-7-8-12(5-2)11-13/h7-9,11H,4-6,10H2,1-3H3. The average molecular weight is 191 g/mol. The smallest absolute Gasteiger partial charge is 0.0366 e. The van der Waals surface area contributed by atoms with E-state index in [-0.39, 0.29) is 0 Å². The van der Waals surface area contributed by atoms with E-state index in [4.69, 9.17) is 0 Å². The normalized spacial score (nSPS) is 10.2. The van der Waals surface area contributed by atoms with Crippen molar-refractivity contribution in [1.82, 2.24) is 0 Å². The van der Waals surface area contributed by atoms with Crippen LogP contribution >= 0.6 is 0 Å². The third-order valence-corrected chi connectivity index (χ3v) is 2.61. The molecule has 0 aromatic heterocycles. The quantitative estimate of drug-likeness (QED) is 0.688. The van der Waals surface area contributed by atoms with Gasteiger partial charge in [-0.1, -0.05) is 32.4 Å². The maximum atomic E-state index is 2.34. The maximum absolute atomic E-state index is 2.34. The summed E-state index contributed by atoms with van der Waals surface area (Å²) in [4.78, 5) is 2.34. The summed E-state index contributed by atoms with van der Waals surface area (Å²) >= 11 is 0. The highest BCUT2D eigenvalue weighted by molar-refractivity contribution is 5.47. The minimum Gasteiger partial charge on any atom is -0.375 e. The molecule has 0 aliphatic rings. The molecular formula is C13H21N. The highest BCUT2D eigenvalue weighted by Gasteiger charge is 1.99. The van der Waals surface area contributed by atoms with Gasteiger partial charge in [-0.3, -0.25) is 0 Å². The van der Waals surface area contributed by atoms with E-state index in [9.17, 15) is 0 Å². The summed E-state index contributed by atoms with van der Waals surface area (Å²) in [6, 6.07) is 8.82. The summed E-state index contributed by atoms with van der Waals surface area (Å²) in [5.41, 5.74) is 2.77. The van der Waals surface area contributed by atoms with Crippen LogP contribution in [0, 0.1) is 0 Å². The van der Waals surface area contributed by atoms with Gasteiger partial charge < -0.3 is 4.90 Å². The lowest BCUT2D eigenvalue weighted by Gasteiger charge is -2.19. The van der Waals surface area contributed by atoms with Crippen LogP contribution in [0.2, 0.25) is 0 Å². The van der Waals surface area contributed by atoms with Crippen LogP contribution < -0.4 is 4.90 Å². The van der Waals surface area contributed by atoms with Gasteiger partial charge in [-0.25, -0.2) is 0 Å². The van der Waals surface area contributed by atoms with Crippen LogP contribution in [0.1, 0.15) is 32.3 Å². The van der Waals surface area contributed by atoms with Gasteiger partial charge in [0, 0.05) is 19.3 Å². The Bertz CT molecular complexity index is 268. The Kier molecular flexibility index (Phi) is 4.51.